The molecule has 2 aromatic heterocycles. The molecule has 0 aliphatic heterocycles. The highest BCUT2D eigenvalue weighted by molar-refractivity contribution is 9.10. The zero-order chi connectivity index (χ0) is 21.8. The predicted octanol–water partition coefficient (Wildman–Crippen LogP) is 5.57. The van der Waals surface area contributed by atoms with Gasteiger partial charge in [-0.15, -0.1) is 10.2 Å². The van der Waals surface area contributed by atoms with Gasteiger partial charge in [0.15, 0.2) is 11.0 Å². The smallest absolute Gasteiger partial charge is 0.230 e. The summed E-state index contributed by atoms with van der Waals surface area (Å²) in [5.41, 5.74) is 2.84. The second-order valence-electron chi connectivity index (χ2n) is 7.00. The second-order valence-corrected chi connectivity index (χ2v) is 8.86. The molecule has 1 unspecified atom stereocenters. The molecule has 31 heavy (non-hydrogen) atoms. The highest BCUT2D eigenvalue weighted by Gasteiger charge is 2.20. The number of carbonyl (C=O) groups excluding carboxylic acids is 1. The van der Waals surface area contributed by atoms with Crippen LogP contribution in [0.5, 0.6) is 0 Å². The Morgan fingerprint density at radius 3 is 2.55 bits per heavy atom. The van der Waals surface area contributed by atoms with Gasteiger partial charge in [0.1, 0.15) is 5.76 Å². The normalized spacial score (nSPS) is 12.0. The number of hydrogen-bond donors (Lipinski definition) is 1. The lowest BCUT2D eigenvalue weighted by Gasteiger charge is -2.14. The molecule has 4 rings (SSSR count). The average Bonchev–Trinajstić information content (AvgIpc) is 3.39. The first kappa shape index (κ1) is 21.4. The van der Waals surface area contributed by atoms with Crippen molar-refractivity contribution >= 4 is 33.6 Å². The van der Waals surface area contributed by atoms with Gasteiger partial charge in [0.2, 0.25) is 5.91 Å². The van der Waals surface area contributed by atoms with Crippen LogP contribution >= 0.6 is 27.7 Å². The Kier molecular flexibility index (Phi) is 6.58. The minimum Gasteiger partial charge on any atom is -0.469 e. The summed E-state index contributed by atoms with van der Waals surface area (Å²) in [5, 5.41) is 12.4. The summed E-state index contributed by atoms with van der Waals surface area (Å²) in [5.74, 6) is 1.62. The maximum absolute atomic E-state index is 12.6. The number of para-hydroxylation sites is 1. The van der Waals surface area contributed by atoms with Crippen LogP contribution in [0.4, 0.5) is 0 Å². The molecule has 1 atom stereocenters. The summed E-state index contributed by atoms with van der Waals surface area (Å²) in [6.07, 6.45) is 1.64. The fraction of sp³-hybridized carbons (Fsp3) is 0.174. The molecule has 158 valence electrons. The number of thioether (sulfide) groups is 1. The van der Waals surface area contributed by atoms with E-state index >= 15 is 0 Å². The third kappa shape index (κ3) is 4.91. The molecule has 0 bridgehead atoms. The fourth-order valence-corrected chi connectivity index (χ4v) is 4.24. The van der Waals surface area contributed by atoms with Gasteiger partial charge in [0.05, 0.1) is 23.6 Å². The number of benzene rings is 2. The first-order valence-corrected chi connectivity index (χ1v) is 11.5. The first-order chi connectivity index (χ1) is 15.0. The van der Waals surface area contributed by atoms with E-state index < -0.39 is 0 Å². The minimum atomic E-state index is -0.0858. The summed E-state index contributed by atoms with van der Waals surface area (Å²) in [6.45, 7) is 3.86. The molecule has 0 aliphatic carbocycles. The maximum atomic E-state index is 12.6. The number of carbonyl (C=O) groups is 1. The molecule has 0 radical (unpaired) electrons. The Labute approximate surface area is 193 Å². The fourth-order valence-electron chi connectivity index (χ4n) is 3.21. The Balaban J connectivity index is 1.52. The summed E-state index contributed by atoms with van der Waals surface area (Å²) in [6, 6.07) is 19.6. The molecule has 0 fully saturated rings. The van der Waals surface area contributed by atoms with Gasteiger partial charge >= 0.3 is 0 Å². The molecule has 8 heteroatoms. The minimum absolute atomic E-state index is 0.0657. The Bertz CT molecular complexity index is 1170. The van der Waals surface area contributed by atoms with Crippen molar-refractivity contribution in [2.75, 3.05) is 5.75 Å². The molecular weight excluding hydrogens is 476 g/mol. The summed E-state index contributed by atoms with van der Waals surface area (Å²) in [4.78, 5) is 12.6. The van der Waals surface area contributed by atoms with Crippen LogP contribution in [-0.2, 0) is 4.79 Å². The van der Waals surface area contributed by atoms with Crippen molar-refractivity contribution in [3.63, 3.8) is 0 Å². The topological polar surface area (TPSA) is 72.9 Å². The zero-order valence-electron chi connectivity index (χ0n) is 17.1. The number of aryl methyl sites for hydroxylation is 1. The van der Waals surface area contributed by atoms with Crippen LogP contribution in [0.15, 0.2) is 81.0 Å². The van der Waals surface area contributed by atoms with Gasteiger partial charge in [-0.25, -0.2) is 0 Å². The molecule has 4 aromatic rings. The van der Waals surface area contributed by atoms with E-state index in [9.17, 15) is 4.79 Å². The summed E-state index contributed by atoms with van der Waals surface area (Å²) < 4.78 is 8.42. The van der Waals surface area contributed by atoms with Crippen molar-refractivity contribution in [2.24, 2.45) is 0 Å². The average molecular weight is 497 g/mol. The molecule has 0 saturated heterocycles. The third-order valence-electron chi connectivity index (χ3n) is 4.83. The Hall–Kier alpha value is -2.84. The largest absolute Gasteiger partial charge is 0.469 e. The van der Waals surface area contributed by atoms with Crippen LogP contribution in [0.2, 0.25) is 0 Å². The lowest BCUT2D eigenvalue weighted by molar-refractivity contribution is -0.119. The monoisotopic (exact) mass is 496 g/mol. The number of aromatic nitrogens is 3. The highest BCUT2D eigenvalue weighted by Crippen LogP contribution is 2.30. The van der Waals surface area contributed by atoms with Crippen molar-refractivity contribution in [3.8, 4) is 17.1 Å². The molecule has 1 amide bonds. The van der Waals surface area contributed by atoms with E-state index in [1.807, 2.05) is 79.1 Å². The highest BCUT2D eigenvalue weighted by atomic mass is 79.9. The number of amides is 1. The van der Waals surface area contributed by atoms with Crippen molar-refractivity contribution < 1.29 is 9.21 Å². The molecule has 2 heterocycles. The molecule has 1 N–H and O–H groups in total. The van der Waals surface area contributed by atoms with E-state index in [-0.39, 0.29) is 17.7 Å². The number of nitrogens with one attached hydrogen (secondary N) is 1. The predicted molar refractivity (Wildman–Crippen MR) is 125 cm³/mol. The van der Waals surface area contributed by atoms with Crippen LogP contribution in [0, 0.1) is 6.92 Å². The van der Waals surface area contributed by atoms with Crippen LogP contribution in [0.25, 0.3) is 17.1 Å². The van der Waals surface area contributed by atoms with E-state index in [1.54, 1.807) is 6.26 Å². The van der Waals surface area contributed by atoms with Crippen LogP contribution in [-0.4, -0.2) is 26.4 Å². The number of halogens is 1. The zero-order valence-corrected chi connectivity index (χ0v) is 19.5. The van der Waals surface area contributed by atoms with Crippen molar-refractivity contribution in [2.45, 2.75) is 25.0 Å². The van der Waals surface area contributed by atoms with E-state index in [0.717, 1.165) is 27.0 Å². The molecular formula is C23H21BrN4O2S. The van der Waals surface area contributed by atoms with Gasteiger partial charge in [-0.1, -0.05) is 58.0 Å². The van der Waals surface area contributed by atoms with Crippen molar-refractivity contribution in [1.82, 2.24) is 20.1 Å². The van der Waals surface area contributed by atoms with E-state index in [2.05, 4.69) is 31.4 Å². The van der Waals surface area contributed by atoms with E-state index in [1.165, 1.54) is 11.8 Å². The van der Waals surface area contributed by atoms with Gasteiger partial charge in [-0.2, -0.15) is 0 Å². The second kappa shape index (κ2) is 9.53. The van der Waals surface area contributed by atoms with Crippen LogP contribution in [0.1, 0.15) is 24.3 Å². The van der Waals surface area contributed by atoms with Gasteiger partial charge in [0, 0.05) is 10.2 Å². The number of hydrogen-bond acceptors (Lipinski definition) is 5. The maximum Gasteiger partial charge on any atom is 0.230 e. The molecule has 0 aliphatic rings. The molecule has 2 aromatic carbocycles. The molecule has 0 saturated carbocycles. The van der Waals surface area contributed by atoms with Crippen molar-refractivity contribution in [3.05, 3.63) is 82.7 Å². The van der Waals surface area contributed by atoms with Crippen LogP contribution < -0.4 is 5.32 Å². The molecule has 0 spiro atoms. The number of rotatable bonds is 7. The van der Waals surface area contributed by atoms with Crippen LogP contribution in [0.3, 0.4) is 0 Å². The third-order valence-corrected chi connectivity index (χ3v) is 6.28. The summed E-state index contributed by atoms with van der Waals surface area (Å²) >= 11 is 4.78. The SMILES string of the molecule is Cc1occc1-c1nnc(SCC(=O)NC(C)c2ccc(Br)cc2)n1-c1ccccc1. The first-order valence-electron chi connectivity index (χ1n) is 9.76. The number of furan rings is 1. The van der Waals surface area contributed by atoms with Gasteiger partial charge < -0.3 is 9.73 Å². The standard InChI is InChI=1S/C23H21BrN4O2S/c1-15(17-8-10-18(24)11-9-17)25-21(29)14-31-23-27-26-22(20-12-13-30-16(20)2)28(23)19-6-4-3-5-7-19/h3-13,15H,14H2,1-2H3,(H,25,29). The van der Waals surface area contributed by atoms with Gasteiger partial charge in [-0.05, 0) is 49.7 Å². The Morgan fingerprint density at radius 2 is 1.87 bits per heavy atom. The number of nitrogens with zero attached hydrogens (tertiary/aromatic N) is 3. The summed E-state index contributed by atoms with van der Waals surface area (Å²) in [7, 11) is 0. The van der Waals surface area contributed by atoms with Crippen molar-refractivity contribution in [1.29, 1.82) is 0 Å². The lowest BCUT2D eigenvalue weighted by Crippen LogP contribution is -2.28. The molecule has 6 nitrogen and oxygen atoms in total. The van der Waals surface area contributed by atoms with E-state index in [0.29, 0.717) is 11.0 Å². The lowest BCUT2D eigenvalue weighted by atomic mass is 10.1. The van der Waals surface area contributed by atoms with Gasteiger partial charge in [0.25, 0.3) is 0 Å². The Morgan fingerprint density at radius 1 is 1.13 bits per heavy atom. The van der Waals surface area contributed by atoms with E-state index in [4.69, 9.17) is 4.42 Å². The quantitative estimate of drug-likeness (QED) is 0.338. The van der Waals surface area contributed by atoms with Gasteiger partial charge in [-0.3, -0.25) is 9.36 Å².